The summed E-state index contributed by atoms with van der Waals surface area (Å²) in [7, 11) is 1.55. The highest BCUT2D eigenvalue weighted by Crippen LogP contribution is 2.27. The van der Waals surface area contributed by atoms with Crippen LogP contribution in [-0.2, 0) is 7.05 Å². The second-order valence-corrected chi connectivity index (χ2v) is 5.40. The van der Waals surface area contributed by atoms with Crippen LogP contribution in [0, 0.1) is 10.1 Å². The van der Waals surface area contributed by atoms with E-state index in [0.29, 0.717) is 18.1 Å². The number of amides is 1. The molecule has 0 radical (unpaired) electrons. The summed E-state index contributed by atoms with van der Waals surface area (Å²) < 4.78 is 1.34. The van der Waals surface area contributed by atoms with E-state index in [-0.39, 0.29) is 17.8 Å². The van der Waals surface area contributed by atoms with Crippen molar-refractivity contribution in [3.8, 4) is 0 Å². The zero-order chi connectivity index (χ0) is 14.7. The summed E-state index contributed by atoms with van der Waals surface area (Å²) in [6, 6.07) is 3.14. The average Bonchev–Trinajstić information content (AvgIpc) is 2.73. The Morgan fingerprint density at radius 2 is 2.25 bits per heavy atom. The second kappa shape index (κ2) is 6.26. The summed E-state index contributed by atoms with van der Waals surface area (Å²) in [4.78, 5) is 24.8. The SMILES string of the molecule is Cn1c(C(=O)N(CCCCl)C2CCC2)ccc1[N+](=O)[O-]. The largest absolute Gasteiger partial charge is 0.358 e. The topological polar surface area (TPSA) is 68.4 Å². The Balaban J connectivity index is 2.20. The van der Waals surface area contributed by atoms with Crippen LogP contribution in [0.4, 0.5) is 5.82 Å². The fourth-order valence-corrected chi connectivity index (χ4v) is 2.54. The van der Waals surface area contributed by atoms with Gasteiger partial charge in [0.25, 0.3) is 5.91 Å². The molecule has 1 aliphatic rings. The summed E-state index contributed by atoms with van der Waals surface area (Å²) >= 11 is 5.71. The summed E-state index contributed by atoms with van der Waals surface area (Å²) in [5.41, 5.74) is 0.359. The normalized spacial score (nSPS) is 14.9. The van der Waals surface area contributed by atoms with Crippen LogP contribution in [0.1, 0.15) is 36.2 Å². The van der Waals surface area contributed by atoms with E-state index in [1.54, 1.807) is 7.05 Å². The van der Waals surface area contributed by atoms with Crippen molar-refractivity contribution in [2.75, 3.05) is 12.4 Å². The molecule has 0 aromatic carbocycles. The van der Waals surface area contributed by atoms with Crippen molar-refractivity contribution in [2.45, 2.75) is 31.7 Å². The number of alkyl halides is 1. The number of nitro groups is 1. The molecular formula is C13H18ClN3O3. The van der Waals surface area contributed by atoms with Gasteiger partial charge >= 0.3 is 5.82 Å². The Kier molecular flexibility index (Phi) is 4.65. The predicted molar refractivity (Wildman–Crippen MR) is 76.1 cm³/mol. The minimum atomic E-state index is -0.483. The highest BCUT2D eigenvalue weighted by Gasteiger charge is 2.32. The van der Waals surface area contributed by atoms with E-state index in [9.17, 15) is 14.9 Å². The molecule has 1 heterocycles. The van der Waals surface area contributed by atoms with E-state index in [2.05, 4.69) is 0 Å². The third kappa shape index (κ3) is 2.80. The van der Waals surface area contributed by atoms with Gasteiger partial charge in [-0.05, 0) is 36.7 Å². The molecule has 1 amide bonds. The maximum Gasteiger partial charge on any atom is 0.323 e. The zero-order valence-corrected chi connectivity index (χ0v) is 12.2. The minimum absolute atomic E-state index is 0.0701. The van der Waals surface area contributed by atoms with Gasteiger partial charge in [-0.1, -0.05) is 0 Å². The van der Waals surface area contributed by atoms with Crippen molar-refractivity contribution in [1.82, 2.24) is 9.47 Å². The molecule has 0 bridgehead atoms. The molecule has 0 spiro atoms. The first-order chi connectivity index (χ1) is 9.56. The van der Waals surface area contributed by atoms with Gasteiger partial charge in [-0.2, -0.15) is 0 Å². The van der Waals surface area contributed by atoms with Gasteiger partial charge in [0.2, 0.25) is 0 Å². The van der Waals surface area contributed by atoms with Crippen molar-refractivity contribution in [2.24, 2.45) is 7.05 Å². The van der Waals surface area contributed by atoms with Gasteiger partial charge < -0.3 is 15.0 Å². The van der Waals surface area contributed by atoms with E-state index < -0.39 is 4.92 Å². The van der Waals surface area contributed by atoms with Gasteiger partial charge in [-0.3, -0.25) is 4.79 Å². The van der Waals surface area contributed by atoms with E-state index >= 15 is 0 Å². The Labute approximate surface area is 122 Å². The molecule has 6 nitrogen and oxygen atoms in total. The number of nitrogens with zero attached hydrogens (tertiary/aromatic N) is 3. The van der Waals surface area contributed by atoms with E-state index in [1.165, 1.54) is 16.7 Å². The van der Waals surface area contributed by atoms with Crippen LogP contribution in [0.2, 0.25) is 0 Å². The van der Waals surface area contributed by atoms with Gasteiger partial charge in [-0.15, -0.1) is 11.6 Å². The molecule has 7 heteroatoms. The summed E-state index contributed by atoms with van der Waals surface area (Å²) in [5, 5.41) is 10.8. The van der Waals surface area contributed by atoms with Crippen molar-refractivity contribution in [1.29, 1.82) is 0 Å². The molecule has 0 atom stereocenters. The number of halogens is 1. The highest BCUT2D eigenvalue weighted by atomic mass is 35.5. The van der Waals surface area contributed by atoms with Gasteiger partial charge in [0.15, 0.2) is 5.69 Å². The lowest BCUT2D eigenvalue weighted by Gasteiger charge is -2.37. The first-order valence-corrected chi connectivity index (χ1v) is 7.26. The van der Waals surface area contributed by atoms with E-state index in [1.807, 2.05) is 4.90 Å². The third-order valence-corrected chi connectivity index (χ3v) is 4.08. The summed E-state index contributed by atoms with van der Waals surface area (Å²) in [6.45, 7) is 0.603. The summed E-state index contributed by atoms with van der Waals surface area (Å²) in [5.74, 6) is 0.290. The number of rotatable bonds is 6. The Hall–Kier alpha value is -1.56. The molecule has 0 aliphatic heterocycles. The molecule has 0 saturated heterocycles. The predicted octanol–water partition coefficient (Wildman–Crippen LogP) is 2.56. The van der Waals surface area contributed by atoms with E-state index in [4.69, 9.17) is 11.6 Å². The molecular weight excluding hydrogens is 282 g/mol. The van der Waals surface area contributed by atoms with Crippen LogP contribution in [-0.4, -0.2) is 38.8 Å². The van der Waals surface area contributed by atoms with E-state index in [0.717, 1.165) is 25.7 Å². The number of carbonyl (C=O) groups is 1. The molecule has 1 aromatic rings. The fraction of sp³-hybridized carbons (Fsp3) is 0.615. The fourth-order valence-electron chi connectivity index (χ4n) is 2.42. The first-order valence-electron chi connectivity index (χ1n) is 6.73. The molecule has 1 aromatic heterocycles. The molecule has 110 valence electrons. The summed E-state index contributed by atoms with van der Waals surface area (Å²) in [6.07, 6.45) is 3.86. The van der Waals surface area contributed by atoms with Crippen LogP contribution < -0.4 is 0 Å². The minimum Gasteiger partial charge on any atom is -0.358 e. The second-order valence-electron chi connectivity index (χ2n) is 5.02. The van der Waals surface area contributed by atoms with Crippen molar-refractivity contribution < 1.29 is 9.72 Å². The van der Waals surface area contributed by atoms with Crippen molar-refractivity contribution in [3.05, 3.63) is 27.9 Å². The van der Waals surface area contributed by atoms with Crippen LogP contribution in [0.3, 0.4) is 0 Å². The third-order valence-electron chi connectivity index (χ3n) is 3.81. The Morgan fingerprint density at radius 3 is 2.70 bits per heavy atom. The van der Waals surface area contributed by atoms with Crippen LogP contribution in [0.25, 0.3) is 0 Å². The highest BCUT2D eigenvalue weighted by molar-refractivity contribution is 6.17. The Bertz CT molecular complexity index is 511. The molecule has 0 N–H and O–H groups in total. The van der Waals surface area contributed by atoms with Gasteiger partial charge in [0.05, 0.1) is 7.05 Å². The van der Waals surface area contributed by atoms with Crippen molar-refractivity contribution >= 4 is 23.3 Å². The van der Waals surface area contributed by atoms with Crippen LogP contribution in [0.5, 0.6) is 0 Å². The van der Waals surface area contributed by atoms with Gasteiger partial charge in [0, 0.05) is 24.5 Å². The monoisotopic (exact) mass is 299 g/mol. The maximum atomic E-state index is 12.6. The number of hydrogen-bond donors (Lipinski definition) is 0. The number of aromatic nitrogens is 1. The van der Waals surface area contributed by atoms with Crippen LogP contribution >= 0.6 is 11.6 Å². The quantitative estimate of drug-likeness (QED) is 0.460. The molecule has 1 fully saturated rings. The molecule has 20 heavy (non-hydrogen) atoms. The molecule has 2 rings (SSSR count). The number of hydrogen-bond acceptors (Lipinski definition) is 3. The zero-order valence-electron chi connectivity index (χ0n) is 11.4. The molecule has 1 saturated carbocycles. The van der Waals surface area contributed by atoms with Crippen LogP contribution in [0.15, 0.2) is 12.1 Å². The first kappa shape index (κ1) is 14.8. The molecule has 0 unspecified atom stereocenters. The lowest BCUT2D eigenvalue weighted by atomic mass is 9.91. The lowest BCUT2D eigenvalue weighted by molar-refractivity contribution is -0.391. The number of carbonyl (C=O) groups excluding carboxylic acids is 1. The lowest BCUT2D eigenvalue weighted by Crippen LogP contribution is -2.45. The van der Waals surface area contributed by atoms with Gasteiger partial charge in [-0.25, -0.2) is 4.57 Å². The molecule has 1 aliphatic carbocycles. The maximum absolute atomic E-state index is 12.6. The smallest absolute Gasteiger partial charge is 0.323 e. The standard InChI is InChI=1S/C13H18ClN3O3/c1-15-11(6-7-12(15)17(19)20)13(18)16(9-3-8-14)10-4-2-5-10/h6-7,10H,2-5,8-9H2,1H3. The average molecular weight is 300 g/mol. The van der Waals surface area contributed by atoms with Crippen molar-refractivity contribution in [3.63, 3.8) is 0 Å². The van der Waals surface area contributed by atoms with Gasteiger partial charge in [0.1, 0.15) is 0 Å². The Morgan fingerprint density at radius 1 is 1.55 bits per heavy atom.